The number of nitrogens with zero attached hydrogens (tertiary/aromatic N) is 1. The van der Waals surface area contributed by atoms with E-state index in [0.29, 0.717) is 5.92 Å². The highest BCUT2D eigenvalue weighted by molar-refractivity contribution is 5.33. The molecule has 0 aliphatic heterocycles. The van der Waals surface area contributed by atoms with Crippen molar-refractivity contribution in [3.63, 3.8) is 0 Å². The molecule has 1 atom stereocenters. The molecule has 1 heteroatoms. The third kappa shape index (κ3) is 2.60. The van der Waals surface area contributed by atoms with E-state index in [4.69, 9.17) is 5.26 Å². The van der Waals surface area contributed by atoms with E-state index in [2.05, 4.69) is 38.1 Å². The van der Waals surface area contributed by atoms with Crippen molar-refractivity contribution in [3.05, 3.63) is 34.9 Å². The lowest BCUT2D eigenvalue weighted by molar-refractivity contribution is 0.747. The van der Waals surface area contributed by atoms with Gasteiger partial charge in [-0.1, -0.05) is 36.3 Å². The van der Waals surface area contributed by atoms with Crippen LogP contribution in [0.15, 0.2) is 34.9 Å². The zero-order chi connectivity index (χ0) is 10.6. The number of rotatable bonds is 2. The Morgan fingerprint density at radius 2 is 2.43 bits per heavy atom. The first-order valence-corrected chi connectivity index (χ1v) is 5.13. The normalized spacial score (nSPS) is 22.4. The molecule has 0 fully saturated rings. The summed E-state index contributed by atoms with van der Waals surface area (Å²) in [5.74, 6) is 0.435. The summed E-state index contributed by atoms with van der Waals surface area (Å²) in [5, 5.41) is 8.70. The van der Waals surface area contributed by atoms with Crippen molar-refractivity contribution in [3.8, 4) is 6.07 Å². The Kier molecular flexibility index (Phi) is 3.71. The smallest absolute Gasteiger partial charge is 0.0940 e. The first-order valence-electron chi connectivity index (χ1n) is 5.13. The van der Waals surface area contributed by atoms with Gasteiger partial charge in [0, 0.05) is 11.5 Å². The Bertz CT molecular complexity index is 337. The minimum atomic E-state index is 0.435. The lowest BCUT2D eigenvalue weighted by Gasteiger charge is -2.18. The van der Waals surface area contributed by atoms with Crippen LogP contribution in [0.25, 0.3) is 0 Å². The van der Waals surface area contributed by atoms with Gasteiger partial charge in [0.25, 0.3) is 0 Å². The Labute approximate surface area is 86.4 Å². The quantitative estimate of drug-likeness (QED) is 0.604. The second kappa shape index (κ2) is 4.81. The van der Waals surface area contributed by atoms with E-state index in [1.54, 1.807) is 0 Å². The predicted molar refractivity (Wildman–Crippen MR) is 59.6 cm³/mol. The molecule has 0 saturated carbocycles. The average Bonchev–Trinajstić information content (AvgIpc) is 2.20. The molecule has 74 valence electrons. The van der Waals surface area contributed by atoms with Gasteiger partial charge in [0.15, 0.2) is 0 Å². The summed E-state index contributed by atoms with van der Waals surface area (Å²) in [7, 11) is 0. The second-order valence-electron chi connectivity index (χ2n) is 3.82. The number of nitriles is 1. The summed E-state index contributed by atoms with van der Waals surface area (Å²) < 4.78 is 0. The maximum atomic E-state index is 8.70. The molecule has 0 saturated heterocycles. The molecule has 0 bridgehead atoms. The van der Waals surface area contributed by atoms with Crippen molar-refractivity contribution < 1.29 is 0 Å². The molecule has 1 aliphatic carbocycles. The first-order chi connectivity index (χ1) is 6.67. The summed E-state index contributed by atoms with van der Waals surface area (Å²) >= 11 is 0. The standard InChI is InChI=1S/C13H17N/c1-4-12-5-6-13(11(3)8-12)7-10(2)9-14/h5,7-8,13H,4,6H2,1-3H3/b10-7+. The lowest BCUT2D eigenvalue weighted by atomic mass is 9.87. The Morgan fingerprint density at radius 3 is 2.93 bits per heavy atom. The molecule has 0 aromatic rings. The molecule has 0 heterocycles. The van der Waals surface area contributed by atoms with E-state index < -0.39 is 0 Å². The molecule has 0 aromatic heterocycles. The first kappa shape index (κ1) is 10.8. The Morgan fingerprint density at radius 1 is 1.71 bits per heavy atom. The predicted octanol–water partition coefficient (Wildman–Crippen LogP) is 3.76. The summed E-state index contributed by atoms with van der Waals surface area (Å²) in [4.78, 5) is 0. The third-order valence-corrected chi connectivity index (χ3v) is 2.67. The Hall–Kier alpha value is -1.29. The molecular formula is C13H17N. The van der Waals surface area contributed by atoms with Crippen LogP contribution >= 0.6 is 0 Å². The van der Waals surface area contributed by atoms with Crippen LogP contribution in [0, 0.1) is 17.2 Å². The van der Waals surface area contributed by atoms with E-state index in [-0.39, 0.29) is 0 Å². The second-order valence-corrected chi connectivity index (χ2v) is 3.82. The highest BCUT2D eigenvalue weighted by Gasteiger charge is 2.11. The third-order valence-electron chi connectivity index (χ3n) is 2.67. The van der Waals surface area contributed by atoms with Gasteiger partial charge in [-0.25, -0.2) is 0 Å². The molecule has 1 unspecified atom stereocenters. The summed E-state index contributed by atoms with van der Waals surface area (Å²) in [6.45, 7) is 6.19. The molecule has 1 rings (SSSR count). The van der Waals surface area contributed by atoms with Crippen LogP contribution in [0.3, 0.4) is 0 Å². The molecule has 0 amide bonds. The lowest BCUT2D eigenvalue weighted by Crippen LogP contribution is -2.03. The summed E-state index contributed by atoms with van der Waals surface area (Å²) in [5.41, 5.74) is 3.61. The number of hydrogen-bond donors (Lipinski definition) is 0. The van der Waals surface area contributed by atoms with Crippen LogP contribution in [0.2, 0.25) is 0 Å². The largest absolute Gasteiger partial charge is 0.193 e. The van der Waals surface area contributed by atoms with Gasteiger partial charge in [-0.05, 0) is 26.7 Å². The molecule has 1 aliphatic rings. The summed E-state index contributed by atoms with van der Waals surface area (Å²) in [6.07, 6.45) is 8.73. The number of hydrogen-bond acceptors (Lipinski definition) is 1. The number of allylic oxidation sites excluding steroid dienone is 6. The van der Waals surface area contributed by atoms with Crippen LogP contribution in [-0.2, 0) is 0 Å². The van der Waals surface area contributed by atoms with Gasteiger partial charge in [-0.2, -0.15) is 5.26 Å². The van der Waals surface area contributed by atoms with Crippen LogP contribution in [-0.4, -0.2) is 0 Å². The Balaban J connectivity index is 2.77. The van der Waals surface area contributed by atoms with Gasteiger partial charge < -0.3 is 0 Å². The van der Waals surface area contributed by atoms with Crippen molar-refractivity contribution in [1.82, 2.24) is 0 Å². The van der Waals surface area contributed by atoms with E-state index in [0.717, 1.165) is 18.4 Å². The topological polar surface area (TPSA) is 23.8 Å². The SMILES string of the molecule is CCC1=CCC(/C=C(\C)C#N)C(C)=C1. The monoisotopic (exact) mass is 187 g/mol. The van der Waals surface area contributed by atoms with Gasteiger partial charge >= 0.3 is 0 Å². The van der Waals surface area contributed by atoms with E-state index >= 15 is 0 Å². The zero-order valence-corrected chi connectivity index (χ0v) is 9.17. The molecule has 0 aromatic carbocycles. The minimum absolute atomic E-state index is 0.435. The molecule has 0 radical (unpaired) electrons. The molecule has 0 spiro atoms. The zero-order valence-electron chi connectivity index (χ0n) is 9.17. The van der Waals surface area contributed by atoms with Crippen molar-refractivity contribution in [2.75, 3.05) is 0 Å². The van der Waals surface area contributed by atoms with Crippen LogP contribution in [0.4, 0.5) is 0 Å². The van der Waals surface area contributed by atoms with E-state index in [1.165, 1.54) is 11.1 Å². The maximum Gasteiger partial charge on any atom is 0.0940 e. The minimum Gasteiger partial charge on any atom is -0.193 e. The molecule has 14 heavy (non-hydrogen) atoms. The van der Waals surface area contributed by atoms with Gasteiger partial charge in [0.05, 0.1) is 6.07 Å². The van der Waals surface area contributed by atoms with Crippen molar-refractivity contribution in [2.24, 2.45) is 5.92 Å². The fourth-order valence-electron chi connectivity index (χ4n) is 1.71. The van der Waals surface area contributed by atoms with Gasteiger partial charge in [0.1, 0.15) is 0 Å². The maximum absolute atomic E-state index is 8.70. The fourth-order valence-corrected chi connectivity index (χ4v) is 1.71. The molecular weight excluding hydrogens is 170 g/mol. The van der Waals surface area contributed by atoms with Gasteiger partial charge in [-0.3, -0.25) is 0 Å². The van der Waals surface area contributed by atoms with Crippen molar-refractivity contribution in [2.45, 2.75) is 33.6 Å². The fraction of sp³-hybridized carbons (Fsp3) is 0.462. The van der Waals surface area contributed by atoms with Crippen LogP contribution in [0.5, 0.6) is 0 Å². The average molecular weight is 187 g/mol. The van der Waals surface area contributed by atoms with Crippen molar-refractivity contribution in [1.29, 1.82) is 5.26 Å². The highest BCUT2D eigenvalue weighted by Crippen LogP contribution is 2.26. The van der Waals surface area contributed by atoms with Gasteiger partial charge in [-0.15, -0.1) is 0 Å². The van der Waals surface area contributed by atoms with E-state index in [9.17, 15) is 0 Å². The van der Waals surface area contributed by atoms with Crippen molar-refractivity contribution >= 4 is 0 Å². The van der Waals surface area contributed by atoms with Gasteiger partial charge in [0.2, 0.25) is 0 Å². The molecule has 1 nitrogen and oxygen atoms in total. The van der Waals surface area contributed by atoms with Crippen LogP contribution in [0.1, 0.15) is 33.6 Å². The summed E-state index contributed by atoms with van der Waals surface area (Å²) in [6, 6.07) is 2.17. The van der Waals surface area contributed by atoms with Crippen LogP contribution < -0.4 is 0 Å². The molecule has 0 N–H and O–H groups in total. The highest BCUT2D eigenvalue weighted by atomic mass is 14.2. The van der Waals surface area contributed by atoms with E-state index in [1.807, 2.05) is 6.92 Å².